The van der Waals surface area contributed by atoms with Crippen LogP contribution in [-0.2, 0) is 11.2 Å². The number of benzene rings is 2. The van der Waals surface area contributed by atoms with Gasteiger partial charge in [0.15, 0.2) is 0 Å². The number of hydrogen-bond acceptors (Lipinski definition) is 3. The van der Waals surface area contributed by atoms with Gasteiger partial charge in [0.25, 0.3) is 0 Å². The minimum Gasteiger partial charge on any atom is -0.497 e. The van der Waals surface area contributed by atoms with Gasteiger partial charge in [-0.05, 0) is 55.2 Å². The van der Waals surface area contributed by atoms with Gasteiger partial charge in [-0.1, -0.05) is 35.9 Å². The molecule has 5 heteroatoms. The summed E-state index contributed by atoms with van der Waals surface area (Å²) in [5.41, 5.74) is 2.44. The van der Waals surface area contributed by atoms with Gasteiger partial charge in [0.1, 0.15) is 5.75 Å². The lowest BCUT2D eigenvalue weighted by molar-refractivity contribution is -0.131. The fourth-order valence-electron chi connectivity index (χ4n) is 3.73. The topological polar surface area (TPSA) is 32.8 Å². The highest BCUT2D eigenvalue weighted by atomic mass is 35.5. The Kier molecular flexibility index (Phi) is 7.35. The van der Waals surface area contributed by atoms with E-state index in [0.717, 1.165) is 49.8 Å². The van der Waals surface area contributed by atoms with Crippen molar-refractivity contribution < 1.29 is 9.53 Å². The van der Waals surface area contributed by atoms with Gasteiger partial charge in [-0.3, -0.25) is 9.69 Å². The van der Waals surface area contributed by atoms with Crippen LogP contribution in [0.1, 0.15) is 36.9 Å². The Morgan fingerprint density at radius 2 is 1.75 bits per heavy atom. The zero-order valence-electron chi connectivity index (χ0n) is 16.7. The number of ether oxygens (including phenoxy) is 1. The van der Waals surface area contributed by atoms with E-state index >= 15 is 0 Å². The summed E-state index contributed by atoms with van der Waals surface area (Å²) in [6, 6.07) is 16.4. The highest BCUT2D eigenvalue weighted by Gasteiger charge is 2.22. The third kappa shape index (κ3) is 5.49. The lowest BCUT2D eigenvalue weighted by Gasteiger charge is -2.28. The van der Waals surface area contributed by atoms with Gasteiger partial charge in [0.05, 0.1) is 7.11 Å². The van der Waals surface area contributed by atoms with Crippen molar-refractivity contribution >= 4 is 17.5 Å². The van der Waals surface area contributed by atoms with Crippen molar-refractivity contribution in [1.29, 1.82) is 0 Å². The normalized spacial score (nSPS) is 16.5. The van der Waals surface area contributed by atoms with Gasteiger partial charge < -0.3 is 9.64 Å². The molecule has 0 saturated carbocycles. The van der Waals surface area contributed by atoms with E-state index < -0.39 is 0 Å². The number of aryl methyl sites for hydroxylation is 1. The number of nitrogens with zero attached hydrogens (tertiary/aromatic N) is 2. The number of hydrogen-bond donors (Lipinski definition) is 0. The number of rotatable bonds is 6. The zero-order chi connectivity index (χ0) is 19.9. The Morgan fingerprint density at radius 1 is 1.04 bits per heavy atom. The second-order valence-electron chi connectivity index (χ2n) is 7.35. The number of methoxy groups -OCH3 is 1. The molecule has 1 heterocycles. The van der Waals surface area contributed by atoms with Crippen LogP contribution in [-0.4, -0.2) is 49.0 Å². The Morgan fingerprint density at radius 3 is 2.43 bits per heavy atom. The predicted octanol–water partition coefficient (Wildman–Crippen LogP) is 4.58. The molecule has 0 aromatic heterocycles. The maximum Gasteiger partial charge on any atom is 0.222 e. The lowest BCUT2D eigenvalue weighted by atomic mass is 10.1. The smallest absolute Gasteiger partial charge is 0.222 e. The molecule has 2 aromatic carbocycles. The predicted molar refractivity (Wildman–Crippen MR) is 114 cm³/mol. The quantitative estimate of drug-likeness (QED) is 0.711. The molecule has 1 atom stereocenters. The van der Waals surface area contributed by atoms with Crippen molar-refractivity contribution in [2.45, 2.75) is 32.2 Å². The second kappa shape index (κ2) is 9.94. The summed E-state index contributed by atoms with van der Waals surface area (Å²) >= 11 is 6.01. The van der Waals surface area contributed by atoms with Crippen molar-refractivity contribution in [3.8, 4) is 5.75 Å². The lowest BCUT2D eigenvalue weighted by Crippen LogP contribution is -2.36. The third-order valence-electron chi connectivity index (χ3n) is 5.57. The molecule has 28 heavy (non-hydrogen) atoms. The summed E-state index contributed by atoms with van der Waals surface area (Å²) in [5.74, 6) is 1.09. The average molecular weight is 401 g/mol. The summed E-state index contributed by atoms with van der Waals surface area (Å²) in [6.45, 7) is 5.76. The first-order valence-electron chi connectivity index (χ1n) is 9.97. The molecule has 0 N–H and O–H groups in total. The summed E-state index contributed by atoms with van der Waals surface area (Å²) in [4.78, 5) is 17.2. The minimum atomic E-state index is 0.247. The monoisotopic (exact) mass is 400 g/mol. The fourth-order valence-corrected chi connectivity index (χ4v) is 3.85. The van der Waals surface area contributed by atoms with Crippen LogP contribution in [0.4, 0.5) is 0 Å². The number of amides is 1. The van der Waals surface area contributed by atoms with Gasteiger partial charge in [-0.2, -0.15) is 0 Å². The minimum absolute atomic E-state index is 0.247. The molecule has 4 nitrogen and oxygen atoms in total. The second-order valence-corrected chi connectivity index (χ2v) is 7.78. The zero-order valence-corrected chi connectivity index (χ0v) is 17.5. The molecule has 1 amide bonds. The van der Waals surface area contributed by atoms with Gasteiger partial charge in [0, 0.05) is 43.7 Å². The molecule has 3 rings (SSSR count). The highest BCUT2D eigenvalue weighted by Crippen LogP contribution is 2.23. The van der Waals surface area contributed by atoms with E-state index in [2.05, 4.69) is 24.0 Å². The first-order chi connectivity index (χ1) is 13.6. The van der Waals surface area contributed by atoms with Crippen LogP contribution in [0.25, 0.3) is 0 Å². The molecule has 150 valence electrons. The van der Waals surface area contributed by atoms with Crippen LogP contribution in [0.15, 0.2) is 48.5 Å². The van der Waals surface area contributed by atoms with Crippen molar-refractivity contribution in [2.75, 3.05) is 33.3 Å². The Bertz CT molecular complexity index is 761. The molecule has 1 fully saturated rings. The van der Waals surface area contributed by atoms with E-state index in [0.29, 0.717) is 12.5 Å². The van der Waals surface area contributed by atoms with Crippen LogP contribution in [0.2, 0.25) is 5.02 Å². The molecule has 1 aliphatic heterocycles. The van der Waals surface area contributed by atoms with E-state index in [1.165, 1.54) is 11.1 Å². The molecule has 0 radical (unpaired) electrons. The van der Waals surface area contributed by atoms with Crippen LogP contribution in [0.5, 0.6) is 5.75 Å². The van der Waals surface area contributed by atoms with Crippen LogP contribution in [0.3, 0.4) is 0 Å². The van der Waals surface area contributed by atoms with Crippen molar-refractivity contribution in [3.63, 3.8) is 0 Å². The summed E-state index contributed by atoms with van der Waals surface area (Å²) in [6.07, 6.45) is 2.33. The largest absolute Gasteiger partial charge is 0.497 e. The average Bonchev–Trinajstić information content (AvgIpc) is 2.99. The van der Waals surface area contributed by atoms with Crippen LogP contribution >= 0.6 is 11.6 Å². The fraction of sp³-hybridized carbons (Fsp3) is 0.435. The molecule has 0 aliphatic carbocycles. The van der Waals surface area contributed by atoms with Crippen molar-refractivity contribution in [2.24, 2.45) is 0 Å². The van der Waals surface area contributed by atoms with E-state index in [1.807, 2.05) is 41.3 Å². The molecule has 0 bridgehead atoms. The van der Waals surface area contributed by atoms with Crippen LogP contribution in [0, 0.1) is 0 Å². The molecule has 1 saturated heterocycles. The molecule has 1 unspecified atom stereocenters. The summed E-state index contributed by atoms with van der Waals surface area (Å²) in [5, 5.41) is 0.764. The van der Waals surface area contributed by atoms with E-state index in [-0.39, 0.29) is 5.91 Å². The Hall–Kier alpha value is -2.04. The maximum atomic E-state index is 12.7. The first-order valence-corrected chi connectivity index (χ1v) is 10.3. The molecular formula is C23H29ClN2O2. The maximum absolute atomic E-state index is 12.7. The third-order valence-corrected chi connectivity index (χ3v) is 5.82. The Balaban J connectivity index is 1.50. The van der Waals surface area contributed by atoms with Crippen molar-refractivity contribution in [1.82, 2.24) is 9.80 Å². The van der Waals surface area contributed by atoms with Crippen LogP contribution < -0.4 is 4.74 Å². The highest BCUT2D eigenvalue weighted by molar-refractivity contribution is 6.30. The molecule has 2 aromatic rings. The van der Waals surface area contributed by atoms with Gasteiger partial charge in [-0.25, -0.2) is 0 Å². The summed E-state index contributed by atoms with van der Waals surface area (Å²) in [7, 11) is 1.66. The summed E-state index contributed by atoms with van der Waals surface area (Å²) < 4.78 is 5.18. The molecule has 0 spiro atoms. The van der Waals surface area contributed by atoms with Crippen molar-refractivity contribution in [3.05, 3.63) is 64.7 Å². The van der Waals surface area contributed by atoms with E-state index in [9.17, 15) is 4.79 Å². The number of halogens is 1. The van der Waals surface area contributed by atoms with E-state index in [1.54, 1.807) is 7.11 Å². The van der Waals surface area contributed by atoms with E-state index in [4.69, 9.17) is 16.3 Å². The standard InChI is InChI=1S/C23H29ClN2O2/c1-18(20-7-9-21(24)10-8-20)25-14-3-15-26(17-16-25)23(27)13-6-19-4-11-22(28-2)12-5-19/h4-5,7-12,18H,3,6,13-17H2,1-2H3. The molecular weight excluding hydrogens is 372 g/mol. The molecule has 1 aliphatic rings. The van der Waals surface area contributed by atoms with Gasteiger partial charge in [-0.15, -0.1) is 0 Å². The van der Waals surface area contributed by atoms with Gasteiger partial charge in [0.2, 0.25) is 5.91 Å². The Labute approximate surface area is 173 Å². The SMILES string of the molecule is COc1ccc(CCC(=O)N2CCCN(C(C)c3ccc(Cl)cc3)CC2)cc1. The van der Waals surface area contributed by atoms with Gasteiger partial charge >= 0.3 is 0 Å². The number of carbonyl (C=O) groups excluding carboxylic acids is 1. The number of carbonyl (C=O) groups is 1. The first kappa shape index (κ1) is 20.7.